The number of aromatic hydroxyl groups is 1. The van der Waals surface area contributed by atoms with Gasteiger partial charge in [0.25, 0.3) is 5.13 Å². The maximum atomic E-state index is 9.56. The van der Waals surface area contributed by atoms with Crippen LogP contribution < -0.4 is 0 Å². The summed E-state index contributed by atoms with van der Waals surface area (Å²) in [7, 11) is 0. The van der Waals surface area contributed by atoms with E-state index < -0.39 is 0 Å². The Hall–Kier alpha value is -0.600. The van der Waals surface area contributed by atoms with Gasteiger partial charge in [0.1, 0.15) is 10.7 Å². The lowest BCUT2D eigenvalue weighted by atomic mass is 10.3. The van der Waals surface area contributed by atoms with E-state index in [9.17, 15) is 5.11 Å². The monoisotopic (exact) mass is 396 g/mol. The number of hydrogen-bond acceptors (Lipinski definition) is 7. The van der Waals surface area contributed by atoms with Crippen molar-refractivity contribution in [1.29, 1.82) is 0 Å². The maximum absolute atomic E-state index is 9.56. The van der Waals surface area contributed by atoms with E-state index in [0.717, 1.165) is 10.1 Å². The van der Waals surface area contributed by atoms with Crippen molar-refractivity contribution in [3.05, 3.63) is 21.1 Å². The van der Waals surface area contributed by atoms with E-state index in [1.54, 1.807) is 11.8 Å². The molecule has 1 N–H and O–H groups in total. The zero-order valence-electron chi connectivity index (χ0n) is 11.5. The van der Waals surface area contributed by atoms with Crippen LogP contribution in [0.2, 0.25) is 15.1 Å². The predicted molar refractivity (Wildman–Crippen MR) is 92.8 cm³/mol. The summed E-state index contributed by atoms with van der Waals surface area (Å²) in [6.07, 6.45) is 0. The molecule has 1 heterocycles. The number of hydrogen-bond donors (Lipinski definition) is 1. The zero-order chi connectivity index (χ0) is 16.3. The van der Waals surface area contributed by atoms with Crippen molar-refractivity contribution < 1.29 is 5.11 Å². The lowest BCUT2D eigenvalue weighted by molar-refractivity contribution is 0.476. The summed E-state index contributed by atoms with van der Waals surface area (Å²) in [4.78, 5) is 0. The Morgan fingerprint density at radius 1 is 1.23 bits per heavy atom. The van der Waals surface area contributed by atoms with Gasteiger partial charge < -0.3 is 5.11 Å². The number of halogens is 3. The number of azo groups is 1. The molecular weight excluding hydrogens is 387 g/mol. The Labute approximate surface area is 150 Å². The SMILES string of the molecule is CC(C)CSc1nnc(N=Nc2cc(Cl)c(O)c(Cl)c2Cl)s1. The Morgan fingerprint density at radius 2 is 1.95 bits per heavy atom. The molecule has 0 saturated carbocycles. The fourth-order valence-electron chi connectivity index (χ4n) is 1.28. The number of rotatable bonds is 5. The average Bonchev–Trinajstić information content (AvgIpc) is 2.93. The highest BCUT2D eigenvalue weighted by Gasteiger charge is 2.14. The fraction of sp³-hybridized carbons (Fsp3) is 0.333. The largest absolute Gasteiger partial charge is 0.505 e. The molecule has 10 heteroatoms. The molecule has 2 rings (SSSR count). The minimum Gasteiger partial charge on any atom is -0.505 e. The molecule has 0 spiro atoms. The van der Waals surface area contributed by atoms with Gasteiger partial charge in [-0.3, -0.25) is 0 Å². The summed E-state index contributed by atoms with van der Waals surface area (Å²) < 4.78 is 0.829. The Kier molecular flexibility index (Phi) is 6.28. The van der Waals surface area contributed by atoms with Crippen molar-refractivity contribution in [2.45, 2.75) is 18.2 Å². The van der Waals surface area contributed by atoms with E-state index >= 15 is 0 Å². The van der Waals surface area contributed by atoms with Gasteiger partial charge in [-0.05, 0) is 12.0 Å². The van der Waals surface area contributed by atoms with E-state index in [0.29, 0.717) is 11.0 Å². The number of phenolic OH excluding ortho intramolecular Hbond substituents is 1. The summed E-state index contributed by atoms with van der Waals surface area (Å²) in [5, 5.41) is 25.9. The maximum Gasteiger partial charge on any atom is 0.252 e. The van der Waals surface area contributed by atoms with Gasteiger partial charge in [-0.25, -0.2) is 0 Å². The van der Waals surface area contributed by atoms with Crippen molar-refractivity contribution in [3.8, 4) is 5.75 Å². The molecule has 1 aromatic carbocycles. The first kappa shape index (κ1) is 17.7. The van der Waals surface area contributed by atoms with E-state index in [4.69, 9.17) is 34.8 Å². The van der Waals surface area contributed by atoms with Crippen molar-refractivity contribution in [1.82, 2.24) is 10.2 Å². The summed E-state index contributed by atoms with van der Waals surface area (Å²) in [6, 6.07) is 1.38. The summed E-state index contributed by atoms with van der Waals surface area (Å²) in [6.45, 7) is 4.27. The minimum absolute atomic E-state index is 0.0498. The molecule has 0 saturated heterocycles. The van der Waals surface area contributed by atoms with E-state index in [-0.39, 0.29) is 26.5 Å². The molecular formula is C12H11Cl3N4OS2. The third-order valence-corrected chi connectivity index (χ3v) is 5.80. The van der Waals surface area contributed by atoms with Crippen LogP contribution in [-0.4, -0.2) is 21.1 Å². The van der Waals surface area contributed by atoms with E-state index in [1.165, 1.54) is 17.4 Å². The van der Waals surface area contributed by atoms with Crippen LogP contribution in [0, 0.1) is 5.92 Å². The molecule has 118 valence electrons. The van der Waals surface area contributed by atoms with E-state index in [2.05, 4.69) is 34.3 Å². The average molecular weight is 398 g/mol. The van der Waals surface area contributed by atoms with Crippen LogP contribution in [0.1, 0.15) is 13.8 Å². The second-order valence-corrected chi connectivity index (χ2v) is 8.00. The topological polar surface area (TPSA) is 70.7 Å². The van der Waals surface area contributed by atoms with Gasteiger partial charge in [0, 0.05) is 5.75 Å². The van der Waals surface area contributed by atoms with Crippen LogP contribution in [0.25, 0.3) is 0 Å². The fourth-order valence-corrected chi connectivity index (χ4v) is 3.55. The van der Waals surface area contributed by atoms with Crippen LogP contribution in [0.3, 0.4) is 0 Å². The van der Waals surface area contributed by atoms with E-state index in [1.807, 2.05) is 0 Å². The molecule has 0 aliphatic carbocycles. The predicted octanol–water partition coefficient (Wildman–Crippen LogP) is 6.37. The highest BCUT2D eigenvalue weighted by molar-refractivity contribution is 8.01. The van der Waals surface area contributed by atoms with Gasteiger partial charge in [-0.2, -0.15) is 0 Å². The number of benzene rings is 1. The van der Waals surface area contributed by atoms with Crippen molar-refractivity contribution in [2.24, 2.45) is 16.1 Å². The molecule has 1 aromatic heterocycles. The van der Waals surface area contributed by atoms with Crippen LogP contribution >= 0.6 is 57.9 Å². The lowest BCUT2D eigenvalue weighted by Gasteiger charge is -2.03. The van der Waals surface area contributed by atoms with Crippen molar-refractivity contribution >= 4 is 68.7 Å². The van der Waals surface area contributed by atoms with Gasteiger partial charge in [0.05, 0.1) is 10.0 Å². The third-order valence-electron chi connectivity index (χ3n) is 2.29. The molecule has 0 bridgehead atoms. The van der Waals surface area contributed by atoms with Crippen LogP contribution in [0.5, 0.6) is 5.75 Å². The number of phenols is 1. The van der Waals surface area contributed by atoms with Crippen molar-refractivity contribution in [2.75, 3.05) is 5.75 Å². The first-order chi connectivity index (χ1) is 10.4. The van der Waals surface area contributed by atoms with Gasteiger partial charge in [-0.15, -0.1) is 20.4 Å². The highest BCUT2D eigenvalue weighted by Crippen LogP contribution is 2.43. The van der Waals surface area contributed by atoms with Crippen molar-refractivity contribution in [3.63, 3.8) is 0 Å². The molecule has 0 amide bonds. The molecule has 0 aliphatic rings. The number of thioether (sulfide) groups is 1. The third kappa shape index (κ3) is 4.45. The number of aromatic nitrogens is 2. The summed E-state index contributed by atoms with van der Waals surface area (Å²) in [5.41, 5.74) is 0.251. The second kappa shape index (κ2) is 7.79. The van der Waals surface area contributed by atoms with Gasteiger partial charge in [-0.1, -0.05) is 71.7 Å². The molecule has 22 heavy (non-hydrogen) atoms. The molecule has 0 fully saturated rings. The first-order valence-corrected chi connectivity index (χ1v) is 9.06. The smallest absolute Gasteiger partial charge is 0.252 e. The molecule has 5 nitrogen and oxygen atoms in total. The first-order valence-electron chi connectivity index (χ1n) is 6.13. The Balaban J connectivity index is 2.16. The zero-order valence-corrected chi connectivity index (χ0v) is 15.4. The van der Waals surface area contributed by atoms with Crippen LogP contribution in [0.15, 0.2) is 20.6 Å². The summed E-state index contributed by atoms with van der Waals surface area (Å²) >= 11 is 20.6. The minimum atomic E-state index is -0.282. The Bertz CT molecular complexity index is 706. The highest BCUT2D eigenvalue weighted by atomic mass is 35.5. The van der Waals surface area contributed by atoms with Gasteiger partial charge in [0.15, 0.2) is 10.1 Å². The second-order valence-electron chi connectivity index (χ2n) is 4.61. The molecule has 2 aromatic rings. The number of nitrogens with zero attached hydrogens (tertiary/aromatic N) is 4. The Morgan fingerprint density at radius 3 is 2.64 bits per heavy atom. The summed E-state index contributed by atoms with van der Waals surface area (Å²) in [5.74, 6) is 1.25. The van der Waals surface area contributed by atoms with Gasteiger partial charge >= 0.3 is 0 Å². The van der Waals surface area contributed by atoms with Crippen LogP contribution in [0.4, 0.5) is 10.8 Å². The van der Waals surface area contributed by atoms with Crippen LogP contribution in [-0.2, 0) is 0 Å². The lowest BCUT2D eigenvalue weighted by Crippen LogP contribution is -1.89. The van der Waals surface area contributed by atoms with Gasteiger partial charge in [0.2, 0.25) is 0 Å². The normalized spacial score (nSPS) is 11.7. The molecule has 0 radical (unpaired) electrons. The molecule has 0 unspecified atom stereocenters. The standard InChI is InChI=1S/C12H11Cl3N4OS2/c1-5(2)4-21-12-19-18-11(22-12)17-16-7-3-6(13)10(20)9(15)8(7)14/h3,5,20H,4H2,1-2H3. The molecule has 0 aliphatic heterocycles. The quantitative estimate of drug-likeness (QED) is 0.361. The molecule has 0 atom stereocenters.